The van der Waals surface area contributed by atoms with Crippen molar-refractivity contribution in [2.75, 3.05) is 105 Å². The van der Waals surface area contributed by atoms with Crippen LogP contribution in [-0.2, 0) is 61.3 Å². The number of piperidine rings is 2. The fraction of sp³-hybridized carbons (Fsp3) is 0.581. The molecule has 8 N–H and O–H groups in total. The molecule has 0 saturated carbocycles. The fourth-order valence-corrected chi connectivity index (χ4v) is 13.3. The number of hydrogen-bond donors (Lipinski definition) is 6. The molecule has 0 aromatic heterocycles. The molecule has 2 amide bonds. The number of fused-ring (bicyclic) bond motifs is 2. The Morgan fingerprint density at radius 1 is 0.591 bits per heavy atom. The van der Waals surface area contributed by atoms with Gasteiger partial charge in [0.2, 0.25) is 20.0 Å². The van der Waals surface area contributed by atoms with Gasteiger partial charge in [-0.05, 0) is 171 Å². The molecular formula is C62H90ClFN8O14S2. The van der Waals surface area contributed by atoms with Gasteiger partial charge in [-0.1, -0.05) is 35.9 Å². The molecule has 2 saturated heterocycles. The Bertz CT molecular complexity index is 3090. The Morgan fingerprint density at radius 3 is 1.48 bits per heavy atom. The molecule has 0 radical (unpaired) electrons. The summed E-state index contributed by atoms with van der Waals surface area (Å²) < 4.78 is 116. The number of halogens is 2. The highest BCUT2D eigenvalue weighted by molar-refractivity contribution is 7.89. The SMILES string of the molecule is CC(C)(C)OC(=O)N[C@@H]1CCCN(C2Cc3c(F)cc(Cl)cc3[C@@H]2Oc2ccc(S(=O)(=O)NCCOCCOCCN)cc2)C1.CC(C)(C)OC(=O)N[C@@H]1CCCN([C@H]2Cc3ccccc3[C@@H]2Oc2ccc(S(=O)(=O)NCCOCCOCCN)cc2)C1. The molecule has 26 heteroatoms. The molecular weight excluding hydrogens is 1200 g/mol. The summed E-state index contributed by atoms with van der Waals surface area (Å²) in [6, 6.07) is 23.6. The summed E-state index contributed by atoms with van der Waals surface area (Å²) in [6.07, 6.45) is 3.02. The maximum atomic E-state index is 15.1. The van der Waals surface area contributed by atoms with Crippen molar-refractivity contribution in [3.05, 3.63) is 118 Å². The summed E-state index contributed by atoms with van der Waals surface area (Å²) in [4.78, 5) is 29.7. The molecule has 2 aliphatic heterocycles. The first-order valence-electron chi connectivity index (χ1n) is 30.2. The third kappa shape index (κ3) is 21.7. The molecule has 6 atom stereocenters. The Kier molecular flexibility index (Phi) is 26.5. The molecule has 0 spiro atoms. The Labute approximate surface area is 523 Å². The van der Waals surface area contributed by atoms with E-state index in [2.05, 4.69) is 42.0 Å². The van der Waals surface area contributed by atoms with E-state index in [0.29, 0.717) is 94.9 Å². The van der Waals surface area contributed by atoms with Crippen molar-refractivity contribution in [2.24, 2.45) is 11.5 Å². The van der Waals surface area contributed by atoms with Crippen molar-refractivity contribution >= 4 is 43.8 Å². The zero-order valence-electron chi connectivity index (χ0n) is 51.4. The summed E-state index contributed by atoms with van der Waals surface area (Å²) >= 11 is 6.26. The van der Waals surface area contributed by atoms with E-state index in [1.165, 1.54) is 23.8 Å². The Balaban J connectivity index is 0.000000251. The predicted molar refractivity (Wildman–Crippen MR) is 332 cm³/mol. The van der Waals surface area contributed by atoms with Crippen molar-refractivity contribution in [1.29, 1.82) is 0 Å². The molecule has 4 aromatic carbocycles. The third-order valence-electron chi connectivity index (χ3n) is 14.8. The molecule has 88 heavy (non-hydrogen) atoms. The molecule has 488 valence electrons. The Hall–Kier alpha value is -5.26. The van der Waals surface area contributed by atoms with Crippen molar-refractivity contribution in [3.63, 3.8) is 0 Å². The van der Waals surface area contributed by atoms with Crippen molar-refractivity contribution in [2.45, 2.75) is 137 Å². The van der Waals surface area contributed by atoms with E-state index in [1.54, 1.807) is 42.5 Å². The van der Waals surface area contributed by atoms with Gasteiger partial charge in [0.05, 0.1) is 74.7 Å². The number of ether oxygens (including phenoxy) is 8. The molecule has 0 bridgehead atoms. The van der Waals surface area contributed by atoms with E-state index in [1.807, 2.05) is 53.7 Å². The highest BCUT2D eigenvalue weighted by atomic mass is 35.5. The lowest BCUT2D eigenvalue weighted by Crippen LogP contribution is -2.53. The second-order valence-electron chi connectivity index (χ2n) is 24.0. The number of benzene rings is 4. The second kappa shape index (κ2) is 33.2. The lowest BCUT2D eigenvalue weighted by Gasteiger charge is -2.39. The van der Waals surface area contributed by atoms with Crippen molar-refractivity contribution in [1.82, 2.24) is 29.9 Å². The highest BCUT2D eigenvalue weighted by Gasteiger charge is 2.43. The molecule has 4 aromatic rings. The van der Waals surface area contributed by atoms with Crippen LogP contribution in [0.4, 0.5) is 14.0 Å². The number of rotatable bonds is 28. The van der Waals surface area contributed by atoms with Gasteiger partial charge >= 0.3 is 12.2 Å². The van der Waals surface area contributed by atoms with Crippen LogP contribution in [0.2, 0.25) is 5.02 Å². The van der Waals surface area contributed by atoms with Gasteiger partial charge in [-0.25, -0.2) is 40.3 Å². The summed E-state index contributed by atoms with van der Waals surface area (Å²) in [5.74, 6) is 0.624. The van der Waals surface area contributed by atoms with Gasteiger partial charge in [-0.3, -0.25) is 9.80 Å². The van der Waals surface area contributed by atoms with Crippen molar-refractivity contribution in [3.8, 4) is 11.5 Å². The molecule has 4 aliphatic rings. The van der Waals surface area contributed by atoms with Crippen LogP contribution in [0.5, 0.6) is 11.5 Å². The van der Waals surface area contributed by atoms with E-state index >= 15 is 4.39 Å². The minimum atomic E-state index is -3.77. The van der Waals surface area contributed by atoms with Gasteiger partial charge in [0.15, 0.2) is 0 Å². The second-order valence-corrected chi connectivity index (χ2v) is 28.0. The largest absolute Gasteiger partial charge is 0.484 e. The lowest BCUT2D eigenvalue weighted by molar-refractivity contribution is 0.0353. The van der Waals surface area contributed by atoms with Gasteiger partial charge < -0.3 is 60.0 Å². The third-order valence-corrected chi connectivity index (χ3v) is 18.0. The van der Waals surface area contributed by atoms with E-state index < -0.39 is 55.4 Å². The molecule has 8 rings (SSSR count). The minimum Gasteiger partial charge on any atom is -0.484 e. The van der Waals surface area contributed by atoms with Crippen LogP contribution in [0.3, 0.4) is 0 Å². The number of carbonyl (C=O) groups is 2. The number of sulfonamides is 2. The number of nitrogens with zero attached hydrogens (tertiary/aromatic N) is 2. The van der Waals surface area contributed by atoms with Crippen LogP contribution >= 0.6 is 11.6 Å². The maximum absolute atomic E-state index is 15.1. The van der Waals surface area contributed by atoms with E-state index in [4.69, 9.17) is 61.0 Å². The normalized spacial score (nSPS) is 20.7. The first-order chi connectivity index (χ1) is 41.9. The fourth-order valence-electron chi connectivity index (χ4n) is 11.0. The average Bonchev–Trinajstić information content (AvgIpc) is 1.73. The molecule has 22 nitrogen and oxygen atoms in total. The van der Waals surface area contributed by atoms with Crippen LogP contribution in [0.15, 0.2) is 94.7 Å². The molecule has 2 fully saturated rings. The van der Waals surface area contributed by atoms with E-state index in [9.17, 15) is 26.4 Å². The monoisotopic (exact) mass is 1290 g/mol. The maximum Gasteiger partial charge on any atom is 0.407 e. The number of likely N-dealkylation sites (tertiary alicyclic amines) is 2. The van der Waals surface area contributed by atoms with Gasteiger partial charge in [-0.2, -0.15) is 0 Å². The first kappa shape index (κ1) is 70.2. The minimum absolute atomic E-state index is 0.0140. The number of amides is 2. The molecule has 2 aliphatic carbocycles. The standard InChI is InChI=1S/C31H44ClFN4O7S.C31H46N4O7S/c1-31(2,3)44-30(38)36-22-5-4-12-37(20-22)28-19-25-26(17-21(32)18-27(25)33)29(28)43-23-6-8-24(9-7-23)45(39,40)35-11-14-42-16-15-41-13-10-34;1-31(2,3)42-30(36)34-24-8-6-16-35(22-24)28-21-23-7-4-5-9-27(23)29(28)41-25-10-12-26(13-11-25)43(37,38)33-15-18-40-20-19-39-17-14-32/h6-9,17-18,22,28-29,35H,4-5,10-16,19-20,34H2,1-3H3,(H,36,38);4-5,7,9-13,24,28-29,33H,6,8,14-22,32H2,1-3H3,(H,34,36)/t22-,28?,29+;24-,28+,29+/m11/s1. The quantitative estimate of drug-likeness (QED) is 0.0320. The van der Waals surface area contributed by atoms with Gasteiger partial charge in [0.25, 0.3) is 0 Å². The topological polar surface area (TPSA) is 283 Å². The number of alkyl carbamates (subject to hydrolysis) is 2. The smallest absolute Gasteiger partial charge is 0.407 e. The van der Waals surface area contributed by atoms with Gasteiger partial charge in [0, 0.05) is 61.9 Å². The number of nitrogens with one attached hydrogen (secondary N) is 4. The first-order valence-corrected chi connectivity index (χ1v) is 33.5. The zero-order chi connectivity index (χ0) is 63.5. The van der Waals surface area contributed by atoms with Crippen LogP contribution in [0.1, 0.15) is 102 Å². The summed E-state index contributed by atoms with van der Waals surface area (Å²) in [5.41, 5.74) is 13.1. The van der Waals surface area contributed by atoms with Crippen molar-refractivity contribution < 1.29 is 68.7 Å². The summed E-state index contributed by atoms with van der Waals surface area (Å²) in [6.45, 7) is 17.9. The molecule has 2 heterocycles. The lowest BCUT2D eigenvalue weighted by atomic mass is 10.0. The van der Waals surface area contributed by atoms with Crippen LogP contribution in [0.25, 0.3) is 0 Å². The van der Waals surface area contributed by atoms with Gasteiger partial charge in [-0.15, -0.1) is 0 Å². The average molecular weight is 1290 g/mol. The summed E-state index contributed by atoms with van der Waals surface area (Å²) in [7, 11) is -7.47. The highest BCUT2D eigenvalue weighted by Crippen LogP contribution is 2.42. The van der Waals surface area contributed by atoms with Crippen LogP contribution < -0.4 is 41.0 Å². The van der Waals surface area contributed by atoms with E-state index in [0.717, 1.165) is 50.8 Å². The number of carbonyl (C=O) groups excluding carboxylic acids is 2. The van der Waals surface area contributed by atoms with Crippen LogP contribution in [-0.4, -0.2) is 179 Å². The number of nitrogens with two attached hydrogens (primary N) is 2. The predicted octanol–water partition coefficient (Wildman–Crippen LogP) is 6.77. The molecule has 1 unspecified atom stereocenters. The van der Waals surface area contributed by atoms with Gasteiger partial charge in [0.1, 0.15) is 40.7 Å². The number of hydrogen-bond acceptors (Lipinski definition) is 18. The van der Waals surface area contributed by atoms with Crippen LogP contribution in [0, 0.1) is 5.82 Å². The summed E-state index contributed by atoms with van der Waals surface area (Å²) in [5, 5.41) is 6.28. The zero-order valence-corrected chi connectivity index (χ0v) is 53.8. The Morgan fingerprint density at radius 2 is 1.02 bits per heavy atom. The van der Waals surface area contributed by atoms with E-state index in [-0.39, 0.29) is 71.4 Å².